The van der Waals surface area contributed by atoms with Crippen LogP contribution in [0.2, 0.25) is 0 Å². The van der Waals surface area contributed by atoms with Crippen LogP contribution in [0.4, 0.5) is 0 Å². The van der Waals surface area contributed by atoms with Crippen LogP contribution in [0.1, 0.15) is 66.2 Å². The van der Waals surface area contributed by atoms with Crippen molar-refractivity contribution < 1.29 is 4.79 Å². The van der Waals surface area contributed by atoms with Gasteiger partial charge in [0.25, 0.3) is 0 Å². The molecule has 1 rings (SSSR count). The highest BCUT2D eigenvalue weighted by Gasteiger charge is 2.19. The lowest BCUT2D eigenvalue weighted by atomic mass is 9.89. The number of rotatable bonds is 4. The standard InChI is InChI=1S/C14H24O/c1-11-8-9-13(15)12(11)7-5-6-10-14(2,3)4/h5-10H2,1-4H3. The third-order valence-corrected chi connectivity index (χ3v) is 3.18. The van der Waals surface area contributed by atoms with Crippen LogP contribution in [-0.2, 0) is 4.79 Å². The first-order chi connectivity index (χ1) is 6.90. The second-order valence-electron chi connectivity index (χ2n) is 5.95. The predicted molar refractivity (Wildman–Crippen MR) is 64.9 cm³/mol. The Kier molecular flexibility index (Phi) is 4.12. The minimum atomic E-state index is 0.406. The van der Waals surface area contributed by atoms with Crippen LogP contribution >= 0.6 is 0 Å². The van der Waals surface area contributed by atoms with Gasteiger partial charge in [-0.25, -0.2) is 0 Å². The van der Waals surface area contributed by atoms with Gasteiger partial charge in [-0.05, 0) is 43.6 Å². The van der Waals surface area contributed by atoms with Crippen molar-refractivity contribution in [3.8, 4) is 0 Å². The molecular weight excluding hydrogens is 184 g/mol. The minimum absolute atomic E-state index is 0.406. The molecule has 0 aromatic rings. The van der Waals surface area contributed by atoms with Crippen molar-refractivity contribution in [1.82, 2.24) is 0 Å². The topological polar surface area (TPSA) is 17.1 Å². The Morgan fingerprint density at radius 3 is 2.27 bits per heavy atom. The van der Waals surface area contributed by atoms with Gasteiger partial charge in [0, 0.05) is 6.42 Å². The lowest BCUT2D eigenvalue weighted by Crippen LogP contribution is -2.04. The second kappa shape index (κ2) is 4.96. The quantitative estimate of drug-likeness (QED) is 0.630. The zero-order valence-electron chi connectivity index (χ0n) is 10.7. The van der Waals surface area contributed by atoms with E-state index in [1.165, 1.54) is 24.8 Å². The summed E-state index contributed by atoms with van der Waals surface area (Å²) in [5.41, 5.74) is 2.92. The van der Waals surface area contributed by atoms with E-state index in [1.54, 1.807) is 0 Å². The number of Topliss-reactive ketones (excluding diaryl/α,β-unsaturated/α-hetero) is 1. The Bertz CT molecular complexity index is 266. The first-order valence-corrected chi connectivity index (χ1v) is 6.12. The van der Waals surface area contributed by atoms with Crippen molar-refractivity contribution in [1.29, 1.82) is 0 Å². The van der Waals surface area contributed by atoms with E-state index in [2.05, 4.69) is 27.7 Å². The molecule has 1 nitrogen and oxygen atoms in total. The number of carbonyl (C=O) groups excluding carboxylic acids is 1. The second-order valence-corrected chi connectivity index (χ2v) is 5.95. The lowest BCUT2D eigenvalue weighted by molar-refractivity contribution is -0.115. The van der Waals surface area contributed by atoms with Crippen LogP contribution < -0.4 is 0 Å². The molecule has 0 N–H and O–H groups in total. The molecule has 0 fully saturated rings. The summed E-state index contributed by atoms with van der Waals surface area (Å²) in [5, 5.41) is 0. The van der Waals surface area contributed by atoms with E-state index in [1.807, 2.05) is 0 Å². The summed E-state index contributed by atoms with van der Waals surface area (Å²) in [6.45, 7) is 8.94. The number of hydrogen-bond donors (Lipinski definition) is 0. The summed E-state index contributed by atoms with van der Waals surface area (Å²) < 4.78 is 0. The Labute approximate surface area is 93.9 Å². The van der Waals surface area contributed by atoms with E-state index in [0.717, 1.165) is 24.8 Å². The SMILES string of the molecule is CC1=C(CCCCC(C)(C)C)C(=O)CC1. The van der Waals surface area contributed by atoms with Crippen LogP contribution in [0.5, 0.6) is 0 Å². The molecule has 15 heavy (non-hydrogen) atoms. The van der Waals surface area contributed by atoms with Crippen molar-refractivity contribution in [3.63, 3.8) is 0 Å². The van der Waals surface area contributed by atoms with E-state index >= 15 is 0 Å². The maximum atomic E-state index is 11.5. The van der Waals surface area contributed by atoms with Crippen molar-refractivity contribution in [2.24, 2.45) is 5.41 Å². The fraction of sp³-hybridized carbons (Fsp3) is 0.786. The highest BCUT2D eigenvalue weighted by molar-refractivity contribution is 5.98. The molecule has 1 aliphatic rings. The van der Waals surface area contributed by atoms with Crippen molar-refractivity contribution >= 4 is 5.78 Å². The van der Waals surface area contributed by atoms with Crippen molar-refractivity contribution in [2.75, 3.05) is 0 Å². The molecule has 0 aromatic heterocycles. The summed E-state index contributed by atoms with van der Waals surface area (Å²) in [6, 6.07) is 0. The number of ketones is 1. The molecule has 0 unspecified atom stereocenters. The molecule has 0 bridgehead atoms. The first kappa shape index (κ1) is 12.5. The first-order valence-electron chi connectivity index (χ1n) is 6.12. The Balaban J connectivity index is 2.26. The van der Waals surface area contributed by atoms with Crippen LogP contribution in [0.3, 0.4) is 0 Å². The monoisotopic (exact) mass is 208 g/mol. The van der Waals surface area contributed by atoms with Crippen molar-refractivity contribution in [3.05, 3.63) is 11.1 Å². The molecule has 1 aliphatic carbocycles. The maximum absolute atomic E-state index is 11.5. The fourth-order valence-corrected chi connectivity index (χ4v) is 2.15. The number of unbranched alkanes of at least 4 members (excludes halogenated alkanes) is 1. The summed E-state index contributed by atoms with van der Waals surface area (Å²) in [5.74, 6) is 0.406. The zero-order valence-corrected chi connectivity index (χ0v) is 10.7. The number of allylic oxidation sites excluding steroid dienone is 2. The molecule has 0 aromatic carbocycles. The van der Waals surface area contributed by atoms with Crippen LogP contribution in [0.25, 0.3) is 0 Å². The predicted octanol–water partition coefficient (Wildman–Crippen LogP) is 4.27. The highest BCUT2D eigenvalue weighted by Crippen LogP contribution is 2.28. The van der Waals surface area contributed by atoms with E-state index in [9.17, 15) is 4.79 Å². The van der Waals surface area contributed by atoms with Gasteiger partial charge < -0.3 is 0 Å². The third kappa shape index (κ3) is 4.19. The molecule has 1 heteroatoms. The molecule has 0 amide bonds. The van der Waals surface area contributed by atoms with Crippen LogP contribution in [-0.4, -0.2) is 5.78 Å². The summed E-state index contributed by atoms with van der Waals surface area (Å²) >= 11 is 0. The summed E-state index contributed by atoms with van der Waals surface area (Å²) in [4.78, 5) is 11.5. The van der Waals surface area contributed by atoms with Gasteiger partial charge in [-0.15, -0.1) is 0 Å². The van der Waals surface area contributed by atoms with E-state index < -0.39 is 0 Å². The van der Waals surface area contributed by atoms with E-state index in [4.69, 9.17) is 0 Å². The Morgan fingerprint density at radius 1 is 1.13 bits per heavy atom. The maximum Gasteiger partial charge on any atom is 0.159 e. The van der Waals surface area contributed by atoms with Crippen LogP contribution in [0, 0.1) is 5.41 Å². The molecule has 0 aliphatic heterocycles. The fourth-order valence-electron chi connectivity index (χ4n) is 2.15. The van der Waals surface area contributed by atoms with Gasteiger partial charge in [0.1, 0.15) is 0 Å². The minimum Gasteiger partial charge on any atom is -0.295 e. The molecule has 0 heterocycles. The molecule has 0 saturated carbocycles. The normalized spacial score (nSPS) is 17.7. The van der Waals surface area contributed by atoms with Crippen molar-refractivity contribution in [2.45, 2.75) is 66.2 Å². The number of hydrogen-bond acceptors (Lipinski definition) is 1. The van der Waals surface area contributed by atoms with Crippen LogP contribution in [0.15, 0.2) is 11.1 Å². The molecule has 86 valence electrons. The summed E-state index contributed by atoms with van der Waals surface area (Å²) in [7, 11) is 0. The molecule has 0 atom stereocenters. The van der Waals surface area contributed by atoms with Gasteiger partial charge in [0.15, 0.2) is 5.78 Å². The average Bonchev–Trinajstić information content (AvgIpc) is 2.40. The van der Waals surface area contributed by atoms with Gasteiger partial charge in [-0.3, -0.25) is 4.79 Å². The third-order valence-electron chi connectivity index (χ3n) is 3.18. The molecular formula is C14H24O. The Morgan fingerprint density at radius 2 is 1.80 bits per heavy atom. The van der Waals surface area contributed by atoms with Gasteiger partial charge in [0.2, 0.25) is 0 Å². The lowest BCUT2D eigenvalue weighted by Gasteiger charge is -2.17. The number of carbonyl (C=O) groups is 1. The van der Waals surface area contributed by atoms with Gasteiger partial charge >= 0.3 is 0 Å². The molecule has 0 radical (unpaired) electrons. The molecule has 0 saturated heterocycles. The van der Waals surface area contributed by atoms with Gasteiger partial charge in [-0.2, -0.15) is 0 Å². The summed E-state index contributed by atoms with van der Waals surface area (Å²) in [6.07, 6.45) is 6.46. The van der Waals surface area contributed by atoms with Gasteiger partial charge in [0.05, 0.1) is 0 Å². The zero-order chi connectivity index (χ0) is 11.5. The Hall–Kier alpha value is -0.590. The smallest absolute Gasteiger partial charge is 0.159 e. The van der Waals surface area contributed by atoms with E-state index in [-0.39, 0.29) is 0 Å². The largest absolute Gasteiger partial charge is 0.295 e. The van der Waals surface area contributed by atoms with E-state index in [0.29, 0.717) is 11.2 Å². The average molecular weight is 208 g/mol. The highest BCUT2D eigenvalue weighted by atomic mass is 16.1. The van der Waals surface area contributed by atoms with Gasteiger partial charge in [-0.1, -0.05) is 32.8 Å². The molecule has 0 spiro atoms.